The molecule has 0 fully saturated rings. The summed E-state index contributed by atoms with van der Waals surface area (Å²) in [7, 11) is 0. The van der Waals surface area contributed by atoms with E-state index in [-0.39, 0.29) is 16.1 Å². The van der Waals surface area contributed by atoms with Crippen molar-refractivity contribution in [3.63, 3.8) is 0 Å². The fraction of sp³-hybridized carbons (Fsp3) is 0.167. The molecule has 2 heterocycles. The highest BCUT2D eigenvalue weighted by Crippen LogP contribution is 2.24. The van der Waals surface area contributed by atoms with Gasteiger partial charge in [0.05, 0.1) is 11.8 Å². The maximum absolute atomic E-state index is 12.1. The molecule has 2 rings (SSSR count). The Bertz CT molecular complexity index is 418. The van der Waals surface area contributed by atoms with Crippen molar-refractivity contribution in [2.45, 2.75) is 6.30 Å². The van der Waals surface area contributed by atoms with Crippen molar-refractivity contribution >= 4 is 0 Å². The van der Waals surface area contributed by atoms with Crippen molar-refractivity contribution in [2.75, 3.05) is 0 Å². The third-order valence-electron chi connectivity index (χ3n) is 1.45. The quantitative estimate of drug-likeness (QED) is 0.704. The molecule has 8 heteroatoms. The minimum atomic E-state index is -4.53. The van der Waals surface area contributed by atoms with Gasteiger partial charge >= 0.3 is 6.30 Å². The van der Waals surface area contributed by atoms with Crippen LogP contribution in [0.3, 0.4) is 0 Å². The monoisotopic (exact) mass is 204 g/mol. The van der Waals surface area contributed by atoms with Gasteiger partial charge in [0.15, 0.2) is 0 Å². The Morgan fingerprint density at radius 1 is 1.36 bits per heavy atom. The minimum Gasteiger partial charge on any atom is -0.423 e. The zero-order valence-electron chi connectivity index (χ0n) is 6.56. The van der Waals surface area contributed by atoms with Crippen LogP contribution < -0.4 is 0 Å². The highest BCUT2D eigenvalue weighted by Gasteiger charge is 2.32. The molecule has 5 nitrogen and oxygen atoms in total. The van der Waals surface area contributed by atoms with Gasteiger partial charge in [-0.05, 0) is 0 Å². The third-order valence-corrected chi connectivity index (χ3v) is 1.45. The summed E-state index contributed by atoms with van der Waals surface area (Å²) in [5, 5.41) is 9.89. The molecule has 0 N–H and O–H groups in total. The predicted molar refractivity (Wildman–Crippen MR) is 36.8 cm³/mol. The van der Waals surface area contributed by atoms with Gasteiger partial charge in [-0.1, -0.05) is 0 Å². The molecule has 0 bridgehead atoms. The first-order chi connectivity index (χ1) is 6.57. The molecule has 2 aromatic rings. The van der Waals surface area contributed by atoms with Crippen LogP contribution in [0.5, 0.6) is 0 Å². The summed E-state index contributed by atoms with van der Waals surface area (Å²) in [6, 6.07) is 0. The van der Waals surface area contributed by atoms with Crippen molar-refractivity contribution < 1.29 is 17.6 Å². The van der Waals surface area contributed by atoms with Crippen LogP contribution in [-0.2, 0) is 6.30 Å². The highest BCUT2D eigenvalue weighted by atomic mass is 19.4. The van der Waals surface area contributed by atoms with Crippen molar-refractivity contribution in [2.24, 2.45) is 0 Å². The molecule has 14 heavy (non-hydrogen) atoms. The first-order valence-corrected chi connectivity index (χ1v) is 3.46. The molecule has 0 unspecified atom stereocenters. The Hall–Kier alpha value is -1.86. The summed E-state index contributed by atoms with van der Waals surface area (Å²) >= 11 is 0. The molecule has 2 aromatic heterocycles. The van der Waals surface area contributed by atoms with Crippen LogP contribution >= 0.6 is 0 Å². The maximum Gasteiger partial charge on any atom is 0.504 e. The minimum absolute atomic E-state index is 0.000463. The lowest BCUT2D eigenvalue weighted by atomic mass is 10.4. The van der Waals surface area contributed by atoms with Crippen LogP contribution in [-0.4, -0.2) is 20.0 Å². The fourth-order valence-corrected chi connectivity index (χ4v) is 0.871. The third kappa shape index (κ3) is 1.45. The van der Waals surface area contributed by atoms with E-state index in [4.69, 9.17) is 4.42 Å². The van der Waals surface area contributed by atoms with Gasteiger partial charge in [-0.3, -0.25) is 0 Å². The van der Waals surface area contributed by atoms with E-state index in [9.17, 15) is 13.2 Å². The van der Waals surface area contributed by atoms with Gasteiger partial charge in [0.2, 0.25) is 6.39 Å². The molecule has 0 atom stereocenters. The van der Waals surface area contributed by atoms with E-state index in [2.05, 4.69) is 15.3 Å². The lowest BCUT2D eigenvalue weighted by Crippen LogP contribution is -2.16. The molecular weight excluding hydrogens is 201 g/mol. The van der Waals surface area contributed by atoms with Crippen molar-refractivity contribution in [3.8, 4) is 11.5 Å². The molecule has 0 aromatic carbocycles. The van der Waals surface area contributed by atoms with Crippen molar-refractivity contribution in [1.82, 2.24) is 20.0 Å². The van der Waals surface area contributed by atoms with Crippen LogP contribution in [0.25, 0.3) is 11.5 Å². The van der Waals surface area contributed by atoms with Crippen molar-refractivity contribution in [1.29, 1.82) is 0 Å². The molecule has 0 aliphatic carbocycles. The van der Waals surface area contributed by atoms with Crippen LogP contribution in [0.1, 0.15) is 0 Å². The van der Waals surface area contributed by atoms with Gasteiger partial charge in [0, 0.05) is 6.20 Å². The molecule has 0 saturated heterocycles. The molecule has 74 valence electrons. The van der Waals surface area contributed by atoms with E-state index in [0.717, 1.165) is 18.8 Å². The molecule has 0 aliphatic rings. The van der Waals surface area contributed by atoms with Gasteiger partial charge < -0.3 is 4.42 Å². The van der Waals surface area contributed by atoms with E-state index >= 15 is 0 Å². The number of nitrogens with zero attached hydrogens (tertiary/aromatic N) is 4. The second-order valence-electron chi connectivity index (χ2n) is 2.39. The second-order valence-corrected chi connectivity index (χ2v) is 2.39. The van der Waals surface area contributed by atoms with E-state index < -0.39 is 6.30 Å². The summed E-state index contributed by atoms with van der Waals surface area (Å²) in [4.78, 5) is 0. The Kier molecular flexibility index (Phi) is 1.76. The van der Waals surface area contributed by atoms with Crippen LogP contribution in [0, 0.1) is 0 Å². The second kappa shape index (κ2) is 2.82. The highest BCUT2D eigenvalue weighted by molar-refractivity contribution is 5.48. The number of hydrogen-bond acceptors (Lipinski definition) is 4. The smallest absolute Gasteiger partial charge is 0.423 e. The van der Waals surface area contributed by atoms with Gasteiger partial charge in [-0.2, -0.15) is 9.78 Å². The number of halogens is 3. The average Bonchev–Trinajstić information content (AvgIpc) is 2.73. The number of alkyl halides is 3. The van der Waals surface area contributed by atoms with Crippen LogP contribution in [0.15, 0.2) is 23.2 Å². The summed E-state index contributed by atoms with van der Waals surface area (Å²) in [6.45, 7) is 0. The Morgan fingerprint density at radius 3 is 2.64 bits per heavy atom. The summed E-state index contributed by atoms with van der Waals surface area (Å²) < 4.78 is 40.8. The summed E-state index contributed by atoms with van der Waals surface area (Å²) in [6.07, 6.45) is -1.73. The molecule has 0 aliphatic heterocycles. The van der Waals surface area contributed by atoms with Crippen molar-refractivity contribution in [3.05, 3.63) is 18.8 Å². The van der Waals surface area contributed by atoms with E-state index in [1.165, 1.54) is 0 Å². The molecule has 0 amide bonds. The topological polar surface area (TPSA) is 56.7 Å². The molecular formula is C6H3F3N4O. The first-order valence-electron chi connectivity index (χ1n) is 3.46. The number of hydrogen-bond donors (Lipinski definition) is 0. The Labute approximate surface area is 75.2 Å². The summed E-state index contributed by atoms with van der Waals surface area (Å²) in [5.41, 5.74) is 0.125. The van der Waals surface area contributed by atoms with E-state index in [1.54, 1.807) is 0 Å². The van der Waals surface area contributed by atoms with E-state index in [1.807, 2.05) is 0 Å². The Morgan fingerprint density at radius 2 is 2.14 bits per heavy atom. The van der Waals surface area contributed by atoms with Crippen LogP contribution in [0.4, 0.5) is 13.2 Å². The number of rotatable bonds is 1. The van der Waals surface area contributed by atoms with Gasteiger partial charge in [0.1, 0.15) is 0 Å². The van der Waals surface area contributed by atoms with E-state index in [0.29, 0.717) is 0 Å². The average molecular weight is 204 g/mol. The van der Waals surface area contributed by atoms with Gasteiger partial charge in [-0.25, -0.2) is 0 Å². The Balaban J connectivity index is 2.36. The molecule has 0 radical (unpaired) electrons. The summed E-state index contributed by atoms with van der Waals surface area (Å²) in [5.74, 6) is 0.000463. The SMILES string of the molecule is FC(F)(F)n1cc(-c2nnco2)cn1. The predicted octanol–water partition coefficient (Wildman–Crippen LogP) is 1.41. The van der Waals surface area contributed by atoms with Crippen LogP contribution in [0.2, 0.25) is 0 Å². The number of aromatic nitrogens is 4. The lowest BCUT2D eigenvalue weighted by Gasteiger charge is -2.03. The molecule has 0 spiro atoms. The zero-order valence-corrected chi connectivity index (χ0v) is 6.56. The van der Waals surface area contributed by atoms with Gasteiger partial charge in [0.25, 0.3) is 5.89 Å². The standard InChI is InChI=1S/C6H3F3N4O/c7-6(8,9)13-2-4(1-11-13)5-12-10-3-14-5/h1-3H. The first kappa shape index (κ1) is 8.73. The fourth-order valence-electron chi connectivity index (χ4n) is 0.871. The zero-order chi connectivity index (χ0) is 10.2. The largest absolute Gasteiger partial charge is 0.504 e. The lowest BCUT2D eigenvalue weighted by molar-refractivity contribution is -0.212. The van der Waals surface area contributed by atoms with Gasteiger partial charge in [-0.15, -0.1) is 23.4 Å². The molecule has 0 saturated carbocycles. The maximum atomic E-state index is 12.1. The normalized spacial score (nSPS) is 11.9.